The van der Waals surface area contributed by atoms with E-state index < -0.39 is 6.04 Å². The van der Waals surface area contributed by atoms with Gasteiger partial charge in [0.25, 0.3) is 0 Å². The molecule has 1 fully saturated rings. The van der Waals surface area contributed by atoms with Gasteiger partial charge in [-0.15, -0.1) is 0 Å². The molecule has 1 aliphatic heterocycles. The number of nitrogens with one attached hydrogen (secondary N) is 1. The van der Waals surface area contributed by atoms with Crippen molar-refractivity contribution in [1.29, 1.82) is 0 Å². The number of Topliss-reactive ketones (excluding diaryl/α,β-unsaturated/α-hetero) is 1. The van der Waals surface area contributed by atoms with Crippen molar-refractivity contribution in [3.8, 4) is 0 Å². The molecule has 0 aliphatic carbocycles. The summed E-state index contributed by atoms with van der Waals surface area (Å²) >= 11 is 6.72. The zero-order valence-corrected chi connectivity index (χ0v) is 14.9. The maximum Gasteiger partial charge on any atom is 0.231 e. The highest BCUT2D eigenvalue weighted by Gasteiger charge is 2.20. The second-order valence-corrected chi connectivity index (χ2v) is 7.28. The van der Waals surface area contributed by atoms with E-state index in [-0.39, 0.29) is 17.4 Å². The van der Waals surface area contributed by atoms with E-state index in [0.29, 0.717) is 6.42 Å². The van der Waals surface area contributed by atoms with Gasteiger partial charge in [-0.25, -0.2) is 0 Å². The number of thioether (sulfide) groups is 1. The minimum absolute atomic E-state index is 0.0330. The zero-order valence-electron chi connectivity index (χ0n) is 13.3. The van der Waals surface area contributed by atoms with Gasteiger partial charge in [0.15, 0.2) is 5.78 Å². The lowest BCUT2D eigenvalue weighted by Gasteiger charge is -2.19. The van der Waals surface area contributed by atoms with Crippen LogP contribution < -0.4 is 5.32 Å². The van der Waals surface area contributed by atoms with Gasteiger partial charge in [-0.2, -0.15) is 0 Å². The lowest BCUT2D eigenvalue weighted by Crippen LogP contribution is -2.42. The zero-order chi connectivity index (χ0) is 16.7. The molecule has 23 heavy (non-hydrogen) atoms. The molecule has 0 spiro atoms. The van der Waals surface area contributed by atoms with Crippen molar-refractivity contribution < 1.29 is 9.59 Å². The first-order chi connectivity index (χ1) is 11.1. The molecule has 1 atom stereocenters. The van der Waals surface area contributed by atoms with Crippen molar-refractivity contribution in [2.45, 2.75) is 32.2 Å². The molecule has 1 saturated heterocycles. The fourth-order valence-electron chi connectivity index (χ4n) is 2.50. The van der Waals surface area contributed by atoms with Crippen LogP contribution in [-0.2, 0) is 16.0 Å². The van der Waals surface area contributed by atoms with Crippen molar-refractivity contribution in [2.75, 3.05) is 18.8 Å². The lowest BCUT2D eigenvalue weighted by atomic mass is 10.0. The van der Waals surface area contributed by atoms with Crippen LogP contribution in [0.3, 0.4) is 0 Å². The smallest absolute Gasteiger partial charge is 0.231 e. The number of carbonyl (C=O) groups excluding carboxylic acids is 2. The summed E-state index contributed by atoms with van der Waals surface area (Å²) in [5.41, 5.74) is 1.04. The second-order valence-electron chi connectivity index (χ2n) is 5.67. The van der Waals surface area contributed by atoms with Crippen LogP contribution in [0, 0.1) is 0 Å². The first-order valence-electron chi connectivity index (χ1n) is 7.81. The van der Waals surface area contributed by atoms with Crippen LogP contribution in [0.1, 0.15) is 25.3 Å². The third-order valence-corrected chi connectivity index (χ3v) is 5.32. The Balaban J connectivity index is 1.81. The van der Waals surface area contributed by atoms with Crippen LogP contribution >= 0.6 is 24.0 Å². The predicted molar refractivity (Wildman–Crippen MR) is 98.6 cm³/mol. The molecule has 0 aromatic heterocycles. The Morgan fingerprint density at radius 1 is 1.26 bits per heavy atom. The summed E-state index contributed by atoms with van der Waals surface area (Å²) in [4.78, 5) is 26.0. The molecule has 0 unspecified atom stereocenters. The Labute approximate surface area is 147 Å². The molecule has 0 bridgehead atoms. The maximum absolute atomic E-state index is 12.1. The van der Waals surface area contributed by atoms with Crippen molar-refractivity contribution in [1.82, 2.24) is 10.2 Å². The number of amides is 1. The number of ketones is 1. The summed E-state index contributed by atoms with van der Waals surface area (Å²) in [6, 6.07) is 9.22. The van der Waals surface area contributed by atoms with Crippen LogP contribution in [-0.4, -0.2) is 45.8 Å². The number of rotatable bonds is 6. The Kier molecular flexibility index (Phi) is 7.05. The number of hydrogen-bond donors (Lipinski definition) is 1. The number of benzene rings is 1. The summed E-state index contributed by atoms with van der Waals surface area (Å²) in [5.74, 6) is 0.0791. The molecular weight excluding hydrogens is 328 g/mol. The van der Waals surface area contributed by atoms with E-state index in [9.17, 15) is 9.59 Å². The first kappa shape index (κ1) is 17.9. The average Bonchev–Trinajstić information content (AvgIpc) is 3.07. The van der Waals surface area contributed by atoms with Crippen LogP contribution in [0.2, 0.25) is 0 Å². The van der Waals surface area contributed by atoms with Crippen molar-refractivity contribution in [3.63, 3.8) is 0 Å². The summed E-state index contributed by atoms with van der Waals surface area (Å²) in [7, 11) is 0. The minimum atomic E-state index is -0.481. The summed E-state index contributed by atoms with van der Waals surface area (Å²) in [5, 5.41) is 2.82. The molecule has 4 nitrogen and oxygen atoms in total. The molecule has 0 radical (unpaired) electrons. The molecule has 1 N–H and O–H groups in total. The molecule has 6 heteroatoms. The summed E-state index contributed by atoms with van der Waals surface area (Å²) in [6.45, 7) is 3.48. The van der Waals surface area contributed by atoms with E-state index in [1.54, 1.807) is 0 Å². The molecule has 0 saturated carbocycles. The third-order valence-electron chi connectivity index (χ3n) is 3.80. The van der Waals surface area contributed by atoms with Gasteiger partial charge in [0.2, 0.25) is 5.91 Å². The van der Waals surface area contributed by atoms with E-state index in [1.807, 2.05) is 30.3 Å². The number of carbonyl (C=O) groups is 2. The molecule has 1 amide bonds. The van der Waals surface area contributed by atoms with Crippen molar-refractivity contribution in [3.05, 3.63) is 35.9 Å². The molecule has 1 aliphatic rings. The van der Waals surface area contributed by atoms with Gasteiger partial charge in [-0.1, -0.05) is 54.3 Å². The monoisotopic (exact) mass is 350 g/mol. The first-order valence-corrected chi connectivity index (χ1v) is 9.21. The number of likely N-dealkylation sites (tertiary alicyclic amines) is 1. The molecular formula is C17H22N2O2S2. The molecule has 1 aromatic rings. The second kappa shape index (κ2) is 9.03. The summed E-state index contributed by atoms with van der Waals surface area (Å²) < 4.78 is 0.778. The van der Waals surface area contributed by atoms with Crippen molar-refractivity contribution >= 4 is 40.0 Å². The Morgan fingerprint density at radius 3 is 2.52 bits per heavy atom. The molecule has 124 valence electrons. The molecule has 2 rings (SSSR count). The maximum atomic E-state index is 12.1. The lowest BCUT2D eigenvalue weighted by molar-refractivity contribution is -0.125. The average molecular weight is 351 g/mol. The number of hydrogen-bond acceptors (Lipinski definition) is 4. The Hall–Kier alpha value is -1.40. The van der Waals surface area contributed by atoms with E-state index in [2.05, 4.69) is 10.2 Å². The summed E-state index contributed by atoms with van der Waals surface area (Å²) in [6.07, 6.45) is 2.84. The van der Waals surface area contributed by atoms with Gasteiger partial charge in [0.05, 0.1) is 11.8 Å². The Bertz CT molecular complexity index is 557. The van der Waals surface area contributed by atoms with E-state index in [0.717, 1.165) is 35.8 Å². The highest BCUT2D eigenvalue weighted by Crippen LogP contribution is 2.16. The number of nitrogens with zero attached hydrogens (tertiary/aromatic N) is 1. The standard InChI is InChI=1S/C17H22N2O2S2/c1-13(20)15(11-14-7-3-2-4-8-14)18-16(21)12-23-17(22)19-9-5-6-10-19/h2-4,7-8,15H,5-6,9-12H2,1H3,(H,18,21)/t15-/m1/s1. The minimum Gasteiger partial charge on any atom is -0.358 e. The van der Waals surface area contributed by atoms with Crippen LogP contribution in [0.15, 0.2) is 30.3 Å². The molecule has 1 heterocycles. The van der Waals surface area contributed by atoms with Gasteiger partial charge in [-0.3, -0.25) is 9.59 Å². The largest absolute Gasteiger partial charge is 0.358 e. The van der Waals surface area contributed by atoms with Crippen LogP contribution in [0.4, 0.5) is 0 Å². The van der Waals surface area contributed by atoms with Gasteiger partial charge >= 0.3 is 0 Å². The normalized spacial score (nSPS) is 15.3. The predicted octanol–water partition coefficient (Wildman–Crippen LogP) is 2.42. The SMILES string of the molecule is CC(=O)[C@@H](Cc1ccccc1)NC(=O)CSC(=S)N1CCCC1. The number of thiocarbonyl (C=S) groups is 1. The van der Waals surface area contributed by atoms with Crippen LogP contribution in [0.5, 0.6) is 0 Å². The topological polar surface area (TPSA) is 49.4 Å². The van der Waals surface area contributed by atoms with Crippen molar-refractivity contribution in [2.24, 2.45) is 0 Å². The quantitative estimate of drug-likeness (QED) is 0.799. The van der Waals surface area contributed by atoms with E-state index in [4.69, 9.17) is 12.2 Å². The van der Waals surface area contributed by atoms with Gasteiger partial charge in [0, 0.05) is 13.1 Å². The Morgan fingerprint density at radius 2 is 1.91 bits per heavy atom. The highest BCUT2D eigenvalue weighted by molar-refractivity contribution is 8.23. The highest BCUT2D eigenvalue weighted by atomic mass is 32.2. The van der Waals surface area contributed by atoms with E-state index in [1.165, 1.54) is 18.7 Å². The molecule has 1 aromatic carbocycles. The fraction of sp³-hybridized carbons (Fsp3) is 0.471. The van der Waals surface area contributed by atoms with Gasteiger partial charge in [0.1, 0.15) is 4.32 Å². The van der Waals surface area contributed by atoms with Crippen LogP contribution in [0.25, 0.3) is 0 Å². The fourth-order valence-corrected chi connectivity index (χ4v) is 3.56. The van der Waals surface area contributed by atoms with Gasteiger partial charge in [-0.05, 0) is 31.7 Å². The third kappa shape index (κ3) is 5.95. The van der Waals surface area contributed by atoms with Gasteiger partial charge < -0.3 is 10.2 Å². The van der Waals surface area contributed by atoms with E-state index >= 15 is 0 Å².